The van der Waals surface area contributed by atoms with Crippen molar-refractivity contribution < 1.29 is 9.53 Å². The van der Waals surface area contributed by atoms with Crippen LogP contribution in [0.5, 0.6) is 5.88 Å². The van der Waals surface area contributed by atoms with Gasteiger partial charge in [0.2, 0.25) is 5.88 Å². The molecule has 3 heterocycles. The van der Waals surface area contributed by atoms with Gasteiger partial charge >= 0.3 is 0 Å². The van der Waals surface area contributed by atoms with E-state index in [4.69, 9.17) is 15.5 Å². The number of amides is 1. The average molecular weight is 360 g/mol. The van der Waals surface area contributed by atoms with Gasteiger partial charge in [-0.3, -0.25) is 4.79 Å². The van der Waals surface area contributed by atoms with E-state index in [1.165, 1.54) is 0 Å². The molecule has 3 aromatic rings. The van der Waals surface area contributed by atoms with Crippen LogP contribution in [-0.4, -0.2) is 33.9 Å². The first kappa shape index (κ1) is 16.1. The zero-order valence-electron chi connectivity index (χ0n) is 15.3. The number of anilines is 1. The van der Waals surface area contributed by atoms with Gasteiger partial charge < -0.3 is 15.4 Å². The third-order valence-electron chi connectivity index (χ3n) is 5.45. The summed E-state index contributed by atoms with van der Waals surface area (Å²) in [6.07, 6.45) is 3.93. The fraction of sp³-hybridized carbons (Fsp3) is 0.286. The minimum Gasteiger partial charge on any atom is -0.481 e. The number of hydrogen-bond acceptors (Lipinski definition) is 5. The van der Waals surface area contributed by atoms with Crippen molar-refractivity contribution in [2.45, 2.75) is 32.4 Å². The molecule has 0 radical (unpaired) electrons. The number of carbonyl (C=O) groups is 1. The third kappa shape index (κ3) is 2.36. The first-order chi connectivity index (χ1) is 13.1. The number of ether oxygens (including phenoxy) is 1. The maximum atomic E-state index is 12.8. The molecule has 6 nitrogen and oxygen atoms in total. The maximum Gasteiger partial charge on any atom is 0.258 e. The van der Waals surface area contributed by atoms with Gasteiger partial charge in [0.15, 0.2) is 0 Å². The molecule has 1 aromatic carbocycles. The topological polar surface area (TPSA) is 81.3 Å². The summed E-state index contributed by atoms with van der Waals surface area (Å²) in [6.45, 7) is 2.51. The number of nitrogens with zero attached hydrogens (tertiary/aromatic N) is 3. The molecular weight excluding hydrogens is 340 g/mol. The average Bonchev–Trinajstić information content (AvgIpc) is 3.45. The van der Waals surface area contributed by atoms with E-state index in [-0.39, 0.29) is 5.91 Å². The largest absolute Gasteiger partial charge is 0.481 e. The summed E-state index contributed by atoms with van der Waals surface area (Å²) >= 11 is 0. The lowest BCUT2D eigenvalue weighted by molar-refractivity contribution is 0.0767. The molecule has 6 heteroatoms. The molecule has 0 bridgehead atoms. The van der Waals surface area contributed by atoms with Gasteiger partial charge in [0, 0.05) is 34.3 Å². The summed E-state index contributed by atoms with van der Waals surface area (Å²) in [7, 11) is 1.61. The number of carbonyl (C=O) groups excluding carboxylic acids is 1. The highest BCUT2D eigenvalue weighted by Gasteiger charge is 2.40. The Morgan fingerprint density at radius 2 is 2.11 bits per heavy atom. The normalized spacial score (nSPS) is 16.1. The lowest BCUT2D eigenvalue weighted by Crippen LogP contribution is -2.26. The number of benzene rings is 1. The third-order valence-corrected chi connectivity index (χ3v) is 5.45. The van der Waals surface area contributed by atoms with Gasteiger partial charge in [-0.2, -0.15) is 0 Å². The summed E-state index contributed by atoms with van der Waals surface area (Å²) in [5.74, 6) is 0.629. The van der Waals surface area contributed by atoms with Crippen LogP contribution in [0.4, 0.5) is 5.69 Å². The van der Waals surface area contributed by atoms with Gasteiger partial charge in [0.25, 0.3) is 5.91 Å². The maximum absolute atomic E-state index is 12.8. The number of para-hydroxylation sites is 1. The molecule has 1 fully saturated rings. The SMILES string of the molecule is COc1ncc(-c2cccc3c(N)c4c(nc23)CN(C2CC2)C4=O)cc1C. The molecule has 2 N–H and O–H groups in total. The number of rotatable bonds is 3. The van der Waals surface area contributed by atoms with E-state index in [1.807, 2.05) is 36.1 Å². The molecule has 0 atom stereocenters. The highest BCUT2D eigenvalue weighted by Crippen LogP contribution is 2.40. The first-order valence-electron chi connectivity index (χ1n) is 9.11. The zero-order valence-corrected chi connectivity index (χ0v) is 15.3. The van der Waals surface area contributed by atoms with Crippen molar-refractivity contribution in [1.29, 1.82) is 0 Å². The highest BCUT2D eigenvalue weighted by atomic mass is 16.5. The Hall–Kier alpha value is -3.15. The highest BCUT2D eigenvalue weighted by molar-refractivity contribution is 6.11. The summed E-state index contributed by atoms with van der Waals surface area (Å²) in [5.41, 5.74) is 12.0. The fourth-order valence-corrected chi connectivity index (χ4v) is 3.93. The van der Waals surface area contributed by atoms with E-state index in [0.29, 0.717) is 29.7 Å². The van der Waals surface area contributed by atoms with E-state index in [9.17, 15) is 4.79 Å². The molecule has 2 aliphatic rings. The minimum atomic E-state index is 0.0201. The molecule has 0 unspecified atom stereocenters. The second kappa shape index (κ2) is 5.67. The summed E-state index contributed by atoms with van der Waals surface area (Å²) < 4.78 is 5.27. The molecule has 1 aliphatic heterocycles. The van der Waals surface area contributed by atoms with Crippen molar-refractivity contribution in [3.63, 3.8) is 0 Å². The Morgan fingerprint density at radius 1 is 1.30 bits per heavy atom. The summed E-state index contributed by atoms with van der Waals surface area (Å²) in [6, 6.07) is 8.27. The van der Waals surface area contributed by atoms with Gasteiger partial charge in [-0.25, -0.2) is 9.97 Å². The lowest BCUT2D eigenvalue weighted by Gasteiger charge is -2.13. The van der Waals surface area contributed by atoms with Crippen LogP contribution in [0, 0.1) is 6.92 Å². The van der Waals surface area contributed by atoms with Gasteiger partial charge in [0.1, 0.15) is 0 Å². The number of aromatic nitrogens is 2. The van der Waals surface area contributed by atoms with Crippen molar-refractivity contribution >= 4 is 22.5 Å². The number of fused-ring (bicyclic) bond motifs is 2. The van der Waals surface area contributed by atoms with Crippen LogP contribution in [0.3, 0.4) is 0 Å². The van der Waals surface area contributed by atoms with Gasteiger partial charge in [-0.1, -0.05) is 18.2 Å². The van der Waals surface area contributed by atoms with E-state index in [0.717, 1.165) is 46.1 Å². The van der Waals surface area contributed by atoms with Crippen LogP contribution in [0.15, 0.2) is 30.5 Å². The molecular formula is C21H20N4O2. The van der Waals surface area contributed by atoms with Crippen molar-refractivity contribution in [3.8, 4) is 17.0 Å². The number of pyridine rings is 2. The monoisotopic (exact) mass is 360 g/mol. The van der Waals surface area contributed by atoms with Crippen molar-refractivity contribution in [3.05, 3.63) is 47.3 Å². The molecule has 0 saturated heterocycles. The van der Waals surface area contributed by atoms with Crippen LogP contribution >= 0.6 is 0 Å². The predicted octanol–water partition coefficient (Wildman–Crippen LogP) is 3.31. The van der Waals surface area contributed by atoms with E-state index >= 15 is 0 Å². The molecule has 136 valence electrons. The molecule has 27 heavy (non-hydrogen) atoms. The standard InChI is InChI=1S/C21H20N4O2/c1-11-8-12(9-23-20(11)27-2)14-4-3-5-15-18(22)17-16(24-19(14)15)10-25(21(17)26)13-6-7-13/h3-5,8-9,13H,6-7,10H2,1-2H3,(H2,22,24). The van der Waals surface area contributed by atoms with Crippen LogP contribution in [0.1, 0.15) is 34.5 Å². The second-order valence-electron chi connectivity index (χ2n) is 7.26. The smallest absolute Gasteiger partial charge is 0.258 e. The molecule has 1 saturated carbocycles. The molecule has 1 aliphatic carbocycles. The minimum absolute atomic E-state index is 0.0201. The van der Waals surface area contributed by atoms with Crippen LogP contribution < -0.4 is 10.5 Å². The zero-order chi connectivity index (χ0) is 18.7. The summed E-state index contributed by atoms with van der Waals surface area (Å²) in [4.78, 5) is 24.0. The van der Waals surface area contributed by atoms with E-state index in [2.05, 4.69) is 4.98 Å². The van der Waals surface area contributed by atoms with Gasteiger partial charge in [-0.05, 0) is 25.8 Å². The first-order valence-corrected chi connectivity index (χ1v) is 9.11. The predicted molar refractivity (Wildman–Crippen MR) is 104 cm³/mol. The quantitative estimate of drug-likeness (QED) is 0.775. The lowest BCUT2D eigenvalue weighted by atomic mass is 9.99. The van der Waals surface area contributed by atoms with Crippen LogP contribution in [0.25, 0.3) is 22.0 Å². The van der Waals surface area contributed by atoms with E-state index < -0.39 is 0 Å². The second-order valence-corrected chi connectivity index (χ2v) is 7.26. The van der Waals surface area contributed by atoms with Crippen LogP contribution in [-0.2, 0) is 6.54 Å². The van der Waals surface area contributed by atoms with Crippen LogP contribution in [0.2, 0.25) is 0 Å². The number of methoxy groups -OCH3 is 1. The Bertz CT molecular complexity index is 1110. The van der Waals surface area contributed by atoms with Crippen molar-refractivity contribution in [1.82, 2.24) is 14.9 Å². The number of aryl methyl sites for hydroxylation is 1. The number of hydrogen-bond donors (Lipinski definition) is 1. The fourth-order valence-electron chi connectivity index (χ4n) is 3.93. The van der Waals surface area contributed by atoms with Gasteiger partial charge in [-0.15, -0.1) is 0 Å². The number of nitrogen functional groups attached to an aromatic ring is 1. The Balaban J connectivity index is 1.70. The Morgan fingerprint density at radius 3 is 2.81 bits per heavy atom. The molecule has 1 amide bonds. The summed E-state index contributed by atoms with van der Waals surface area (Å²) in [5, 5.41) is 0.811. The Labute approximate surface area is 157 Å². The van der Waals surface area contributed by atoms with Gasteiger partial charge in [0.05, 0.1) is 36.1 Å². The molecule has 0 spiro atoms. The Kier molecular flexibility index (Phi) is 3.37. The molecule has 2 aromatic heterocycles. The number of nitrogens with two attached hydrogens (primary N) is 1. The van der Waals surface area contributed by atoms with Crippen molar-refractivity contribution in [2.75, 3.05) is 12.8 Å². The van der Waals surface area contributed by atoms with Crippen molar-refractivity contribution in [2.24, 2.45) is 0 Å². The molecule has 5 rings (SSSR count). The van der Waals surface area contributed by atoms with E-state index in [1.54, 1.807) is 13.3 Å².